The van der Waals surface area contributed by atoms with Crippen LogP contribution < -0.4 is 10.0 Å². The van der Waals surface area contributed by atoms with Crippen molar-refractivity contribution in [2.24, 2.45) is 0 Å². The molecule has 0 aliphatic heterocycles. The van der Waals surface area contributed by atoms with Gasteiger partial charge in [-0.25, -0.2) is 8.42 Å². The van der Waals surface area contributed by atoms with Crippen molar-refractivity contribution < 1.29 is 13.2 Å². The Hall–Kier alpha value is -2.85. The second-order valence-corrected chi connectivity index (χ2v) is 6.73. The zero-order chi connectivity index (χ0) is 17.6. The molecule has 6 nitrogen and oxygen atoms in total. The average molecular weight is 343 g/mol. The molecule has 0 bridgehead atoms. The van der Waals surface area contributed by atoms with Gasteiger partial charge in [-0.2, -0.15) is 5.26 Å². The van der Waals surface area contributed by atoms with Gasteiger partial charge >= 0.3 is 0 Å². The van der Waals surface area contributed by atoms with Gasteiger partial charge in [0.05, 0.1) is 16.1 Å². The van der Waals surface area contributed by atoms with E-state index in [0.29, 0.717) is 6.54 Å². The van der Waals surface area contributed by atoms with Gasteiger partial charge in [0.2, 0.25) is 0 Å². The van der Waals surface area contributed by atoms with Crippen molar-refractivity contribution in [2.45, 2.75) is 18.2 Å². The van der Waals surface area contributed by atoms with E-state index in [1.54, 1.807) is 18.2 Å². The normalized spacial score (nSPS) is 10.7. The Bertz CT molecular complexity index is 886. The number of para-hydroxylation sites is 1. The number of sulfonamides is 1. The lowest BCUT2D eigenvalue weighted by atomic mass is 10.2. The summed E-state index contributed by atoms with van der Waals surface area (Å²) < 4.78 is 27.4. The zero-order valence-electron chi connectivity index (χ0n) is 13.1. The fraction of sp³-hybridized carbons (Fsp3) is 0.176. The van der Waals surface area contributed by atoms with Gasteiger partial charge in [0.25, 0.3) is 15.9 Å². The summed E-state index contributed by atoms with van der Waals surface area (Å²) in [7, 11) is -3.90. The summed E-state index contributed by atoms with van der Waals surface area (Å²) in [5, 5.41) is 11.7. The van der Waals surface area contributed by atoms with Crippen molar-refractivity contribution in [2.75, 3.05) is 11.3 Å². The number of carbonyl (C=O) groups is 1. The molecular weight excluding hydrogens is 326 g/mol. The molecule has 2 N–H and O–H groups in total. The van der Waals surface area contributed by atoms with E-state index < -0.39 is 10.0 Å². The van der Waals surface area contributed by atoms with E-state index in [1.165, 1.54) is 30.3 Å². The van der Waals surface area contributed by atoms with Crippen LogP contribution in [-0.4, -0.2) is 20.9 Å². The number of hydrogen-bond acceptors (Lipinski definition) is 4. The molecule has 0 unspecified atom stereocenters. The Balaban J connectivity index is 2.30. The lowest BCUT2D eigenvalue weighted by Gasteiger charge is -2.10. The molecule has 0 aromatic heterocycles. The predicted molar refractivity (Wildman–Crippen MR) is 91.0 cm³/mol. The number of hydrogen-bond donors (Lipinski definition) is 2. The molecule has 1 amide bonds. The Labute approximate surface area is 141 Å². The first-order valence-electron chi connectivity index (χ1n) is 7.38. The lowest BCUT2D eigenvalue weighted by Crippen LogP contribution is -2.24. The number of carbonyl (C=O) groups excluding carboxylic acids is 1. The maximum absolute atomic E-state index is 12.5. The molecule has 0 aliphatic carbocycles. The molecule has 0 radical (unpaired) electrons. The van der Waals surface area contributed by atoms with Crippen LogP contribution in [0.5, 0.6) is 0 Å². The highest BCUT2D eigenvalue weighted by molar-refractivity contribution is 7.92. The Morgan fingerprint density at radius 3 is 2.62 bits per heavy atom. The topological polar surface area (TPSA) is 99.1 Å². The molecule has 0 saturated carbocycles. The molecule has 2 aromatic carbocycles. The molecule has 0 saturated heterocycles. The van der Waals surface area contributed by atoms with Gasteiger partial charge in [-0.15, -0.1) is 0 Å². The van der Waals surface area contributed by atoms with Crippen LogP contribution in [0, 0.1) is 11.3 Å². The predicted octanol–water partition coefficient (Wildman–Crippen LogP) is 2.50. The summed E-state index contributed by atoms with van der Waals surface area (Å²) in [6.07, 6.45) is 0.788. The van der Waals surface area contributed by atoms with E-state index in [2.05, 4.69) is 10.0 Å². The first-order valence-corrected chi connectivity index (χ1v) is 8.86. The van der Waals surface area contributed by atoms with E-state index in [0.717, 1.165) is 6.42 Å². The van der Waals surface area contributed by atoms with E-state index in [-0.39, 0.29) is 27.6 Å². The van der Waals surface area contributed by atoms with E-state index in [4.69, 9.17) is 5.26 Å². The van der Waals surface area contributed by atoms with Gasteiger partial charge in [0, 0.05) is 12.1 Å². The molecule has 0 aliphatic rings. The lowest BCUT2D eigenvalue weighted by molar-refractivity contribution is 0.0953. The number of benzene rings is 2. The minimum absolute atomic E-state index is 0.0422. The molecule has 0 spiro atoms. The quantitative estimate of drug-likeness (QED) is 0.842. The van der Waals surface area contributed by atoms with Crippen LogP contribution in [0.4, 0.5) is 5.69 Å². The number of nitrogens with one attached hydrogen (secondary N) is 2. The third-order valence-corrected chi connectivity index (χ3v) is 4.60. The van der Waals surface area contributed by atoms with Crippen LogP contribution in [-0.2, 0) is 10.0 Å². The summed E-state index contributed by atoms with van der Waals surface area (Å²) in [5.74, 6) is -0.327. The largest absolute Gasteiger partial charge is 0.352 e. The van der Waals surface area contributed by atoms with Crippen molar-refractivity contribution in [1.29, 1.82) is 5.26 Å². The van der Waals surface area contributed by atoms with E-state index in [1.807, 2.05) is 13.0 Å². The molecule has 0 fully saturated rings. The minimum Gasteiger partial charge on any atom is -0.352 e. The standard InChI is InChI=1S/C17H17N3O3S/c1-2-10-19-17(21)13-7-5-8-15(11-13)24(22,23)20-16-9-4-3-6-14(16)12-18/h3-9,11,20H,2,10H2,1H3,(H,19,21). The number of anilines is 1. The smallest absolute Gasteiger partial charge is 0.261 e. The van der Waals surface area contributed by atoms with Crippen molar-refractivity contribution in [3.63, 3.8) is 0 Å². The molecule has 7 heteroatoms. The fourth-order valence-electron chi connectivity index (χ4n) is 2.02. The SMILES string of the molecule is CCCNC(=O)c1cccc(S(=O)(=O)Nc2ccccc2C#N)c1. The molecule has 124 valence electrons. The van der Waals surface area contributed by atoms with Crippen LogP contribution in [0.2, 0.25) is 0 Å². The first kappa shape index (κ1) is 17.5. The van der Waals surface area contributed by atoms with Gasteiger partial charge in [-0.05, 0) is 36.8 Å². The Kier molecular flexibility index (Phi) is 5.55. The van der Waals surface area contributed by atoms with Crippen molar-refractivity contribution in [1.82, 2.24) is 5.32 Å². The van der Waals surface area contributed by atoms with Crippen LogP contribution >= 0.6 is 0 Å². The highest BCUT2D eigenvalue weighted by atomic mass is 32.2. The Morgan fingerprint density at radius 2 is 1.92 bits per heavy atom. The van der Waals surface area contributed by atoms with Gasteiger partial charge in [0.15, 0.2) is 0 Å². The molecular formula is C17H17N3O3S. The van der Waals surface area contributed by atoms with Crippen LogP contribution in [0.1, 0.15) is 29.3 Å². The van der Waals surface area contributed by atoms with Crippen LogP contribution in [0.15, 0.2) is 53.4 Å². The van der Waals surface area contributed by atoms with Gasteiger partial charge in [-0.1, -0.05) is 25.1 Å². The van der Waals surface area contributed by atoms with Gasteiger partial charge < -0.3 is 5.32 Å². The van der Waals surface area contributed by atoms with Crippen molar-refractivity contribution in [3.8, 4) is 6.07 Å². The first-order chi connectivity index (χ1) is 11.5. The Morgan fingerprint density at radius 1 is 1.17 bits per heavy atom. The summed E-state index contributed by atoms with van der Waals surface area (Å²) in [4.78, 5) is 11.9. The number of nitriles is 1. The van der Waals surface area contributed by atoms with E-state index >= 15 is 0 Å². The summed E-state index contributed by atoms with van der Waals surface area (Å²) in [6, 6.07) is 14.0. The zero-order valence-corrected chi connectivity index (χ0v) is 13.9. The highest BCUT2D eigenvalue weighted by Gasteiger charge is 2.17. The molecule has 2 aromatic rings. The third-order valence-electron chi connectivity index (χ3n) is 3.23. The summed E-state index contributed by atoms with van der Waals surface area (Å²) >= 11 is 0. The minimum atomic E-state index is -3.90. The summed E-state index contributed by atoms with van der Waals surface area (Å²) in [6.45, 7) is 2.45. The number of nitrogens with zero attached hydrogens (tertiary/aromatic N) is 1. The van der Waals surface area contributed by atoms with Crippen LogP contribution in [0.3, 0.4) is 0 Å². The average Bonchev–Trinajstić information content (AvgIpc) is 2.60. The maximum Gasteiger partial charge on any atom is 0.261 e. The van der Waals surface area contributed by atoms with E-state index in [9.17, 15) is 13.2 Å². The van der Waals surface area contributed by atoms with Gasteiger partial charge in [-0.3, -0.25) is 9.52 Å². The van der Waals surface area contributed by atoms with Crippen LogP contribution in [0.25, 0.3) is 0 Å². The number of amides is 1. The molecule has 24 heavy (non-hydrogen) atoms. The monoisotopic (exact) mass is 343 g/mol. The second-order valence-electron chi connectivity index (χ2n) is 5.05. The molecule has 0 atom stereocenters. The second kappa shape index (κ2) is 7.62. The van der Waals surface area contributed by atoms with Crippen molar-refractivity contribution in [3.05, 3.63) is 59.7 Å². The van der Waals surface area contributed by atoms with Gasteiger partial charge in [0.1, 0.15) is 6.07 Å². The number of rotatable bonds is 6. The third kappa shape index (κ3) is 4.12. The fourth-order valence-corrected chi connectivity index (χ4v) is 3.14. The summed E-state index contributed by atoms with van der Waals surface area (Å²) in [5.41, 5.74) is 0.679. The maximum atomic E-state index is 12.5. The highest BCUT2D eigenvalue weighted by Crippen LogP contribution is 2.20. The van der Waals surface area contributed by atoms with Crippen molar-refractivity contribution >= 4 is 21.6 Å². The molecule has 0 heterocycles. The molecule has 2 rings (SSSR count).